The van der Waals surface area contributed by atoms with Gasteiger partial charge in [-0.25, -0.2) is 0 Å². The average molecular weight is 278 g/mol. The van der Waals surface area contributed by atoms with E-state index in [-0.39, 0.29) is 11.3 Å². The van der Waals surface area contributed by atoms with Crippen molar-refractivity contribution in [1.82, 2.24) is 4.90 Å². The standard InChI is InChI=1S/C16H20ClNO/c1-11-10-18(8-7-15(11)17)16(19)14-9-13(14)12-5-3-2-4-6-12/h2-6,11,13-15H,7-10H2,1H3. The number of carbonyl (C=O) groups is 1. The highest BCUT2D eigenvalue weighted by Gasteiger charge is 2.46. The fourth-order valence-electron chi connectivity index (χ4n) is 3.09. The van der Waals surface area contributed by atoms with E-state index in [9.17, 15) is 4.79 Å². The fraction of sp³-hybridized carbons (Fsp3) is 0.562. The minimum atomic E-state index is 0.210. The smallest absolute Gasteiger partial charge is 0.226 e. The van der Waals surface area contributed by atoms with Gasteiger partial charge in [-0.15, -0.1) is 11.6 Å². The van der Waals surface area contributed by atoms with Gasteiger partial charge in [-0.2, -0.15) is 0 Å². The van der Waals surface area contributed by atoms with E-state index in [1.165, 1.54) is 5.56 Å². The number of nitrogens with zero attached hydrogens (tertiary/aromatic N) is 1. The molecule has 0 aromatic heterocycles. The molecular weight excluding hydrogens is 258 g/mol. The van der Waals surface area contributed by atoms with Crippen LogP contribution in [0.1, 0.15) is 31.2 Å². The van der Waals surface area contributed by atoms with Gasteiger partial charge in [-0.3, -0.25) is 4.79 Å². The van der Waals surface area contributed by atoms with E-state index >= 15 is 0 Å². The van der Waals surface area contributed by atoms with E-state index in [1.807, 2.05) is 11.0 Å². The maximum atomic E-state index is 12.5. The van der Waals surface area contributed by atoms with Gasteiger partial charge in [0, 0.05) is 24.4 Å². The molecule has 1 aliphatic heterocycles. The number of carbonyl (C=O) groups excluding carboxylic acids is 1. The minimum absolute atomic E-state index is 0.210. The second-order valence-electron chi connectivity index (χ2n) is 5.93. The summed E-state index contributed by atoms with van der Waals surface area (Å²) in [5.74, 6) is 1.40. The van der Waals surface area contributed by atoms with Crippen molar-refractivity contribution in [3.63, 3.8) is 0 Å². The highest BCUT2D eigenvalue weighted by molar-refractivity contribution is 6.20. The molecule has 1 saturated heterocycles. The van der Waals surface area contributed by atoms with E-state index in [0.717, 1.165) is 25.9 Å². The van der Waals surface area contributed by atoms with Gasteiger partial charge in [-0.05, 0) is 30.2 Å². The number of rotatable bonds is 2. The van der Waals surface area contributed by atoms with Crippen LogP contribution in [0.2, 0.25) is 0 Å². The van der Waals surface area contributed by atoms with E-state index in [4.69, 9.17) is 11.6 Å². The van der Waals surface area contributed by atoms with E-state index in [1.54, 1.807) is 0 Å². The Hall–Kier alpha value is -1.02. The van der Waals surface area contributed by atoms with Crippen molar-refractivity contribution >= 4 is 17.5 Å². The fourth-order valence-corrected chi connectivity index (χ4v) is 3.27. The summed E-state index contributed by atoms with van der Waals surface area (Å²) in [4.78, 5) is 14.5. The predicted octanol–water partition coefficient (Wildman–Crippen LogP) is 3.27. The Morgan fingerprint density at radius 3 is 2.74 bits per heavy atom. The van der Waals surface area contributed by atoms with Crippen LogP contribution in [0.15, 0.2) is 30.3 Å². The number of hydrogen-bond donors (Lipinski definition) is 0. The molecule has 3 rings (SSSR count). The molecule has 2 aliphatic rings. The lowest BCUT2D eigenvalue weighted by Crippen LogP contribution is -2.44. The Bertz CT molecular complexity index is 461. The van der Waals surface area contributed by atoms with Crippen molar-refractivity contribution in [3.05, 3.63) is 35.9 Å². The van der Waals surface area contributed by atoms with Crippen molar-refractivity contribution in [2.75, 3.05) is 13.1 Å². The molecule has 102 valence electrons. The maximum Gasteiger partial charge on any atom is 0.226 e. The van der Waals surface area contributed by atoms with Gasteiger partial charge in [0.25, 0.3) is 0 Å². The summed E-state index contributed by atoms with van der Waals surface area (Å²) in [6.45, 7) is 3.79. The Kier molecular flexibility index (Phi) is 3.53. The monoisotopic (exact) mass is 277 g/mol. The SMILES string of the molecule is CC1CN(C(=O)C2CC2c2ccccc2)CCC1Cl. The second kappa shape index (κ2) is 5.16. The summed E-state index contributed by atoms with van der Waals surface area (Å²) in [6, 6.07) is 10.4. The van der Waals surface area contributed by atoms with Gasteiger partial charge in [0.2, 0.25) is 5.91 Å². The molecule has 0 spiro atoms. The molecule has 2 fully saturated rings. The molecule has 0 radical (unpaired) electrons. The van der Waals surface area contributed by atoms with E-state index < -0.39 is 0 Å². The molecule has 2 nitrogen and oxygen atoms in total. The van der Waals surface area contributed by atoms with Crippen LogP contribution >= 0.6 is 11.6 Å². The molecule has 0 bridgehead atoms. The number of halogens is 1. The third kappa shape index (κ3) is 2.64. The van der Waals surface area contributed by atoms with Crippen LogP contribution in [0.5, 0.6) is 0 Å². The Morgan fingerprint density at radius 1 is 1.32 bits per heavy atom. The van der Waals surface area contributed by atoms with Crippen LogP contribution in [0.3, 0.4) is 0 Å². The Balaban J connectivity index is 1.61. The molecule has 1 aliphatic carbocycles. The Labute approximate surface area is 119 Å². The van der Waals surface area contributed by atoms with Gasteiger partial charge in [0.1, 0.15) is 0 Å². The first-order chi connectivity index (χ1) is 9.16. The summed E-state index contributed by atoms with van der Waals surface area (Å²) in [6.07, 6.45) is 1.94. The summed E-state index contributed by atoms with van der Waals surface area (Å²) in [7, 11) is 0. The molecule has 1 aromatic carbocycles. The largest absolute Gasteiger partial charge is 0.342 e. The molecule has 0 N–H and O–H groups in total. The lowest BCUT2D eigenvalue weighted by molar-refractivity contribution is -0.134. The second-order valence-corrected chi connectivity index (χ2v) is 6.49. The van der Waals surface area contributed by atoms with Crippen molar-refractivity contribution in [2.45, 2.75) is 31.1 Å². The van der Waals surface area contributed by atoms with Crippen molar-refractivity contribution in [1.29, 1.82) is 0 Å². The topological polar surface area (TPSA) is 20.3 Å². The van der Waals surface area contributed by atoms with E-state index in [2.05, 4.69) is 31.2 Å². The first-order valence-corrected chi connectivity index (χ1v) is 7.58. The van der Waals surface area contributed by atoms with Gasteiger partial charge in [0.15, 0.2) is 0 Å². The van der Waals surface area contributed by atoms with Crippen LogP contribution < -0.4 is 0 Å². The molecule has 3 heteroatoms. The number of piperidine rings is 1. The summed E-state index contributed by atoms with van der Waals surface area (Å²) in [5.41, 5.74) is 1.31. The van der Waals surface area contributed by atoms with Crippen molar-refractivity contribution < 1.29 is 4.79 Å². The zero-order valence-corrected chi connectivity index (χ0v) is 12.0. The quantitative estimate of drug-likeness (QED) is 0.760. The van der Waals surface area contributed by atoms with Crippen LogP contribution in [0.25, 0.3) is 0 Å². The van der Waals surface area contributed by atoms with Crippen LogP contribution in [0, 0.1) is 11.8 Å². The first-order valence-electron chi connectivity index (χ1n) is 7.14. The highest BCUT2D eigenvalue weighted by atomic mass is 35.5. The van der Waals surface area contributed by atoms with Crippen LogP contribution in [-0.4, -0.2) is 29.3 Å². The summed E-state index contributed by atoms with van der Waals surface area (Å²) >= 11 is 6.22. The minimum Gasteiger partial charge on any atom is -0.342 e. The van der Waals surface area contributed by atoms with E-state index in [0.29, 0.717) is 17.7 Å². The first kappa shape index (κ1) is 13.0. The molecule has 4 atom stereocenters. The normalized spacial score (nSPS) is 34.1. The predicted molar refractivity (Wildman–Crippen MR) is 77.3 cm³/mol. The van der Waals surface area contributed by atoms with Crippen LogP contribution in [0.4, 0.5) is 0 Å². The molecule has 19 heavy (non-hydrogen) atoms. The van der Waals surface area contributed by atoms with Crippen LogP contribution in [-0.2, 0) is 4.79 Å². The molecule has 1 heterocycles. The average Bonchev–Trinajstić information content (AvgIpc) is 3.22. The van der Waals surface area contributed by atoms with Gasteiger partial charge in [0.05, 0.1) is 0 Å². The number of likely N-dealkylation sites (tertiary alicyclic amines) is 1. The van der Waals surface area contributed by atoms with Crippen molar-refractivity contribution in [2.24, 2.45) is 11.8 Å². The zero-order valence-electron chi connectivity index (χ0n) is 11.3. The molecule has 1 aromatic rings. The molecule has 1 saturated carbocycles. The zero-order chi connectivity index (χ0) is 13.4. The number of hydrogen-bond acceptors (Lipinski definition) is 1. The molecular formula is C16H20ClNO. The molecule has 4 unspecified atom stereocenters. The number of alkyl halides is 1. The number of benzene rings is 1. The van der Waals surface area contributed by atoms with Gasteiger partial charge < -0.3 is 4.90 Å². The molecule has 1 amide bonds. The summed E-state index contributed by atoms with van der Waals surface area (Å²) < 4.78 is 0. The Morgan fingerprint density at radius 2 is 2.05 bits per heavy atom. The third-order valence-electron chi connectivity index (χ3n) is 4.45. The van der Waals surface area contributed by atoms with Gasteiger partial charge in [-0.1, -0.05) is 37.3 Å². The third-order valence-corrected chi connectivity index (χ3v) is 5.10. The number of amides is 1. The highest BCUT2D eigenvalue weighted by Crippen LogP contribution is 2.48. The van der Waals surface area contributed by atoms with Gasteiger partial charge >= 0.3 is 0 Å². The maximum absolute atomic E-state index is 12.5. The lowest BCUT2D eigenvalue weighted by Gasteiger charge is -2.34. The lowest BCUT2D eigenvalue weighted by atomic mass is 9.99. The summed E-state index contributed by atoms with van der Waals surface area (Å²) in [5, 5.41) is 0.230. The van der Waals surface area contributed by atoms with Crippen molar-refractivity contribution in [3.8, 4) is 0 Å².